The molecule has 3 rings (SSSR count). The first-order valence-electron chi connectivity index (χ1n) is 5.95. The second kappa shape index (κ2) is 4.57. The Balaban J connectivity index is 2.04. The number of nitrogens with zero attached hydrogens (tertiary/aromatic N) is 2. The summed E-state index contributed by atoms with van der Waals surface area (Å²) in [5.74, 6) is -0.904. The second-order valence-electron chi connectivity index (χ2n) is 4.38. The smallest absolute Gasteiger partial charge is 0.335 e. The van der Waals surface area contributed by atoms with Gasteiger partial charge in [0.1, 0.15) is 0 Å². The Morgan fingerprint density at radius 1 is 1.16 bits per heavy atom. The standard InChI is InChI=1S/C15H12N2O2/c18-15(19)13-2-1-12-5-8-17(14(12)9-13)10-11-3-6-16-7-4-11/h1-9H,10H2,(H,18,19). The number of pyridine rings is 1. The number of hydrogen-bond donors (Lipinski definition) is 1. The van der Waals surface area contributed by atoms with E-state index in [2.05, 4.69) is 4.98 Å². The highest BCUT2D eigenvalue weighted by Crippen LogP contribution is 2.19. The van der Waals surface area contributed by atoms with Gasteiger partial charge in [0.25, 0.3) is 0 Å². The molecule has 1 aromatic carbocycles. The summed E-state index contributed by atoms with van der Waals surface area (Å²) in [5.41, 5.74) is 2.37. The van der Waals surface area contributed by atoms with Crippen molar-refractivity contribution in [3.63, 3.8) is 0 Å². The Kier molecular flexibility index (Phi) is 2.76. The Bertz CT molecular complexity index is 732. The van der Waals surface area contributed by atoms with Crippen molar-refractivity contribution in [2.45, 2.75) is 6.54 Å². The fourth-order valence-electron chi connectivity index (χ4n) is 2.14. The third-order valence-corrected chi connectivity index (χ3v) is 3.12. The molecule has 4 nitrogen and oxygen atoms in total. The summed E-state index contributed by atoms with van der Waals surface area (Å²) in [6.07, 6.45) is 5.48. The summed E-state index contributed by atoms with van der Waals surface area (Å²) in [4.78, 5) is 15.0. The van der Waals surface area contributed by atoms with Crippen LogP contribution in [-0.4, -0.2) is 20.6 Å². The topological polar surface area (TPSA) is 55.1 Å². The van der Waals surface area contributed by atoms with Crippen LogP contribution in [0.4, 0.5) is 0 Å². The van der Waals surface area contributed by atoms with Crippen molar-refractivity contribution in [3.05, 3.63) is 66.1 Å². The molecule has 0 radical (unpaired) electrons. The van der Waals surface area contributed by atoms with E-state index in [4.69, 9.17) is 5.11 Å². The molecule has 0 aliphatic rings. The van der Waals surface area contributed by atoms with E-state index < -0.39 is 5.97 Å². The molecule has 2 heterocycles. The van der Waals surface area contributed by atoms with Gasteiger partial charge in [-0.1, -0.05) is 6.07 Å². The zero-order chi connectivity index (χ0) is 13.2. The fraction of sp³-hybridized carbons (Fsp3) is 0.0667. The van der Waals surface area contributed by atoms with E-state index in [9.17, 15) is 4.79 Å². The number of aromatic carboxylic acids is 1. The van der Waals surface area contributed by atoms with Gasteiger partial charge in [0.15, 0.2) is 0 Å². The lowest BCUT2D eigenvalue weighted by Crippen LogP contribution is -2.00. The molecule has 0 unspecified atom stereocenters. The van der Waals surface area contributed by atoms with E-state index in [0.717, 1.165) is 16.5 Å². The summed E-state index contributed by atoms with van der Waals surface area (Å²) in [6.45, 7) is 0.703. The summed E-state index contributed by atoms with van der Waals surface area (Å²) in [7, 11) is 0. The van der Waals surface area contributed by atoms with Crippen LogP contribution in [0.3, 0.4) is 0 Å². The van der Waals surface area contributed by atoms with Crippen LogP contribution in [0.25, 0.3) is 10.9 Å². The van der Waals surface area contributed by atoms with Crippen LogP contribution in [0.2, 0.25) is 0 Å². The average Bonchev–Trinajstić information content (AvgIpc) is 2.82. The predicted octanol–water partition coefficient (Wildman–Crippen LogP) is 2.78. The predicted molar refractivity (Wildman–Crippen MR) is 72.2 cm³/mol. The van der Waals surface area contributed by atoms with E-state index >= 15 is 0 Å². The number of carbonyl (C=O) groups is 1. The lowest BCUT2D eigenvalue weighted by atomic mass is 10.1. The zero-order valence-electron chi connectivity index (χ0n) is 10.2. The molecule has 0 fully saturated rings. The van der Waals surface area contributed by atoms with Gasteiger partial charge in [-0.05, 0) is 41.3 Å². The Labute approximate surface area is 109 Å². The van der Waals surface area contributed by atoms with Crippen LogP contribution in [0.15, 0.2) is 55.0 Å². The summed E-state index contributed by atoms with van der Waals surface area (Å²) in [5, 5.41) is 10.1. The first-order chi connectivity index (χ1) is 9.24. The van der Waals surface area contributed by atoms with Crippen LogP contribution >= 0.6 is 0 Å². The second-order valence-corrected chi connectivity index (χ2v) is 4.38. The van der Waals surface area contributed by atoms with E-state index in [1.165, 1.54) is 0 Å². The summed E-state index contributed by atoms with van der Waals surface area (Å²) >= 11 is 0. The van der Waals surface area contributed by atoms with Crippen LogP contribution in [-0.2, 0) is 6.54 Å². The number of carboxylic acids is 1. The SMILES string of the molecule is O=C(O)c1ccc2ccn(Cc3ccncc3)c2c1. The normalized spacial score (nSPS) is 10.7. The molecule has 0 spiro atoms. The van der Waals surface area contributed by atoms with Gasteiger partial charge in [-0.2, -0.15) is 0 Å². The van der Waals surface area contributed by atoms with Gasteiger partial charge >= 0.3 is 5.97 Å². The van der Waals surface area contributed by atoms with Gasteiger partial charge in [0, 0.05) is 30.7 Å². The van der Waals surface area contributed by atoms with Crippen molar-refractivity contribution in [1.82, 2.24) is 9.55 Å². The molecule has 0 aliphatic carbocycles. The number of aromatic nitrogens is 2. The first-order valence-corrected chi connectivity index (χ1v) is 5.95. The average molecular weight is 252 g/mol. The van der Waals surface area contributed by atoms with E-state index in [0.29, 0.717) is 12.1 Å². The van der Waals surface area contributed by atoms with Gasteiger partial charge in [0.2, 0.25) is 0 Å². The zero-order valence-corrected chi connectivity index (χ0v) is 10.2. The molecular formula is C15H12N2O2. The largest absolute Gasteiger partial charge is 0.478 e. The first kappa shape index (κ1) is 11.5. The lowest BCUT2D eigenvalue weighted by molar-refractivity contribution is 0.0697. The minimum atomic E-state index is -0.904. The highest BCUT2D eigenvalue weighted by atomic mass is 16.4. The third-order valence-electron chi connectivity index (χ3n) is 3.12. The molecule has 0 atom stereocenters. The Morgan fingerprint density at radius 2 is 1.95 bits per heavy atom. The molecule has 0 saturated heterocycles. The third kappa shape index (κ3) is 2.20. The highest BCUT2D eigenvalue weighted by molar-refractivity contribution is 5.93. The summed E-state index contributed by atoms with van der Waals surface area (Å²) in [6, 6.07) is 11.1. The maximum atomic E-state index is 11.0. The number of benzene rings is 1. The Hall–Kier alpha value is -2.62. The Morgan fingerprint density at radius 3 is 2.68 bits per heavy atom. The van der Waals surface area contributed by atoms with Gasteiger partial charge in [-0.25, -0.2) is 4.79 Å². The molecular weight excluding hydrogens is 240 g/mol. The molecule has 0 bridgehead atoms. The van der Waals surface area contributed by atoms with Crippen LogP contribution < -0.4 is 0 Å². The van der Waals surface area contributed by atoms with Gasteiger partial charge in [-0.3, -0.25) is 4.98 Å². The number of fused-ring (bicyclic) bond motifs is 1. The molecule has 4 heteroatoms. The minimum absolute atomic E-state index is 0.308. The molecule has 2 aromatic heterocycles. The van der Waals surface area contributed by atoms with Crippen molar-refractivity contribution in [3.8, 4) is 0 Å². The molecule has 0 saturated carbocycles. The van der Waals surface area contributed by atoms with Crippen molar-refractivity contribution in [1.29, 1.82) is 0 Å². The van der Waals surface area contributed by atoms with E-state index in [1.54, 1.807) is 24.5 Å². The van der Waals surface area contributed by atoms with Gasteiger partial charge in [0.05, 0.1) is 5.56 Å². The molecule has 0 aliphatic heterocycles. The van der Waals surface area contributed by atoms with Gasteiger partial charge in [-0.15, -0.1) is 0 Å². The van der Waals surface area contributed by atoms with Crippen LogP contribution in [0, 0.1) is 0 Å². The monoisotopic (exact) mass is 252 g/mol. The quantitative estimate of drug-likeness (QED) is 0.779. The molecule has 1 N–H and O–H groups in total. The minimum Gasteiger partial charge on any atom is -0.478 e. The van der Waals surface area contributed by atoms with Crippen LogP contribution in [0.5, 0.6) is 0 Å². The number of rotatable bonds is 3. The van der Waals surface area contributed by atoms with Gasteiger partial charge < -0.3 is 9.67 Å². The fourth-order valence-corrected chi connectivity index (χ4v) is 2.14. The van der Waals surface area contributed by atoms with E-state index in [-0.39, 0.29) is 0 Å². The lowest BCUT2D eigenvalue weighted by Gasteiger charge is -2.06. The number of carboxylic acid groups (broad SMARTS) is 1. The highest BCUT2D eigenvalue weighted by Gasteiger charge is 2.07. The van der Waals surface area contributed by atoms with Crippen LogP contribution in [0.1, 0.15) is 15.9 Å². The van der Waals surface area contributed by atoms with Crippen molar-refractivity contribution < 1.29 is 9.90 Å². The van der Waals surface area contributed by atoms with E-state index in [1.807, 2.05) is 35.0 Å². The molecule has 3 aromatic rings. The van der Waals surface area contributed by atoms with Crippen molar-refractivity contribution in [2.24, 2.45) is 0 Å². The maximum absolute atomic E-state index is 11.0. The van der Waals surface area contributed by atoms with Crippen molar-refractivity contribution in [2.75, 3.05) is 0 Å². The number of hydrogen-bond acceptors (Lipinski definition) is 2. The maximum Gasteiger partial charge on any atom is 0.335 e. The molecule has 0 amide bonds. The summed E-state index contributed by atoms with van der Waals surface area (Å²) < 4.78 is 2.04. The molecule has 94 valence electrons. The van der Waals surface area contributed by atoms with Crippen molar-refractivity contribution >= 4 is 16.9 Å². The molecule has 19 heavy (non-hydrogen) atoms.